The summed E-state index contributed by atoms with van der Waals surface area (Å²) in [5, 5.41) is 4.88. The fourth-order valence-corrected chi connectivity index (χ4v) is 2.27. The molecule has 2 unspecified atom stereocenters. The third-order valence-electron chi connectivity index (χ3n) is 3.59. The monoisotopic (exact) mass is 295 g/mol. The Labute approximate surface area is 118 Å². The topological polar surface area (TPSA) is 44.4 Å². The Morgan fingerprint density at radius 1 is 1.20 bits per heavy atom. The molecule has 1 amide bonds. The van der Waals surface area contributed by atoms with E-state index in [1.165, 1.54) is 19.3 Å². The molecule has 0 spiro atoms. The summed E-state index contributed by atoms with van der Waals surface area (Å²) in [5.74, 6) is -0.617. The summed E-state index contributed by atoms with van der Waals surface area (Å²) in [6, 6.07) is -0.335. The second kappa shape index (κ2) is 7.83. The van der Waals surface area contributed by atoms with Gasteiger partial charge in [-0.25, -0.2) is 0 Å². The third kappa shape index (κ3) is 6.56. The molecule has 1 fully saturated rings. The molecule has 0 bridgehead atoms. The van der Waals surface area contributed by atoms with Gasteiger partial charge in [0.05, 0.1) is 6.04 Å². The normalized spacial score (nSPS) is 20.4. The third-order valence-corrected chi connectivity index (χ3v) is 3.59. The summed E-state index contributed by atoms with van der Waals surface area (Å²) in [7, 11) is 0. The van der Waals surface area contributed by atoms with Crippen LogP contribution in [0, 0.1) is 0 Å². The maximum Gasteiger partial charge on any atom is 0.405 e. The van der Waals surface area contributed by atoms with Crippen LogP contribution < -0.4 is 10.6 Å². The molecule has 1 heterocycles. The standard InChI is InChI=1S/C13H24F3N3O/c1-10(19-6-4-3-5-7-19)8-17-11(2)12(20)18-9-13(14,15)16/h10-11,17H,3-9H2,1-2H3,(H,18,20). The Morgan fingerprint density at radius 2 is 1.80 bits per heavy atom. The number of hydrogen-bond acceptors (Lipinski definition) is 3. The molecule has 1 rings (SSSR count). The van der Waals surface area contributed by atoms with Crippen molar-refractivity contribution in [3.8, 4) is 0 Å². The maximum absolute atomic E-state index is 12.0. The molecule has 20 heavy (non-hydrogen) atoms. The van der Waals surface area contributed by atoms with E-state index in [-0.39, 0.29) is 6.04 Å². The highest BCUT2D eigenvalue weighted by molar-refractivity contribution is 5.81. The van der Waals surface area contributed by atoms with Crippen LogP contribution in [0.15, 0.2) is 0 Å². The van der Waals surface area contributed by atoms with Crippen LogP contribution in [0.1, 0.15) is 33.1 Å². The summed E-state index contributed by atoms with van der Waals surface area (Å²) in [6.45, 7) is 5.07. The first-order valence-corrected chi connectivity index (χ1v) is 7.11. The molecule has 0 aromatic carbocycles. The highest BCUT2D eigenvalue weighted by atomic mass is 19.4. The Bertz CT molecular complexity index is 304. The summed E-state index contributed by atoms with van der Waals surface area (Å²) in [6.07, 6.45) is -0.735. The first-order chi connectivity index (χ1) is 9.29. The smallest absolute Gasteiger partial charge is 0.346 e. The molecular weight excluding hydrogens is 271 g/mol. The number of halogens is 3. The lowest BCUT2D eigenvalue weighted by molar-refractivity contribution is -0.139. The van der Waals surface area contributed by atoms with Gasteiger partial charge >= 0.3 is 6.18 Å². The van der Waals surface area contributed by atoms with Crippen LogP contribution in [0.25, 0.3) is 0 Å². The number of carbonyl (C=O) groups excluding carboxylic acids is 1. The van der Waals surface area contributed by atoms with Crippen molar-refractivity contribution >= 4 is 5.91 Å². The van der Waals surface area contributed by atoms with Gasteiger partial charge < -0.3 is 10.6 Å². The Balaban J connectivity index is 2.24. The molecule has 7 heteroatoms. The zero-order chi connectivity index (χ0) is 15.2. The van der Waals surface area contributed by atoms with Crippen LogP contribution in [0.4, 0.5) is 13.2 Å². The molecule has 0 radical (unpaired) electrons. The highest BCUT2D eigenvalue weighted by Crippen LogP contribution is 2.13. The van der Waals surface area contributed by atoms with E-state index >= 15 is 0 Å². The van der Waals surface area contributed by atoms with Crippen molar-refractivity contribution in [2.75, 3.05) is 26.2 Å². The van der Waals surface area contributed by atoms with Crippen LogP contribution in [0.2, 0.25) is 0 Å². The van der Waals surface area contributed by atoms with Crippen molar-refractivity contribution in [2.45, 2.75) is 51.4 Å². The van der Waals surface area contributed by atoms with Crippen molar-refractivity contribution in [2.24, 2.45) is 0 Å². The lowest BCUT2D eigenvalue weighted by Gasteiger charge is -2.33. The van der Waals surface area contributed by atoms with Crippen molar-refractivity contribution < 1.29 is 18.0 Å². The van der Waals surface area contributed by atoms with E-state index in [9.17, 15) is 18.0 Å². The number of rotatable bonds is 6. The number of hydrogen-bond donors (Lipinski definition) is 2. The van der Waals surface area contributed by atoms with Gasteiger partial charge in [0.1, 0.15) is 6.54 Å². The van der Waals surface area contributed by atoms with Crippen LogP contribution in [0.3, 0.4) is 0 Å². The highest BCUT2D eigenvalue weighted by Gasteiger charge is 2.28. The van der Waals surface area contributed by atoms with E-state index in [1.807, 2.05) is 5.32 Å². The summed E-state index contributed by atoms with van der Waals surface area (Å²) in [5.41, 5.74) is 0. The number of nitrogens with one attached hydrogen (secondary N) is 2. The van der Waals surface area contributed by atoms with Crippen molar-refractivity contribution in [3.05, 3.63) is 0 Å². The minimum atomic E-state index is -4.36. The second-order valence-electron chi connectivity index (χ2n) is 5.41. The van der Waals surface area contributed by atoms with Gasteiger partial charge in [0.25, 0.3) is 0 Å². The van der Waals surface area contributed by atoms with Crippen LogP contribution in [-0.2, 0) is 4.79 Å². The van der Waals surface area contributed by atoms with Crippen molar-refractivity contribution in [3.63, 3.8) is 0 Å². The number of carbonyl (C=O) groups is 1. The molecular formula is C13H24F3N3O. The maximum atomic E-state index is 12.0. The number of piperidine rings is 1. The summed E-state index contributed by atoms with van der Waals surface area (Å²) >= 11 is 0. The van der Waals surface area contributed by atoms with E-state index in [0.29, 0.717) is 6.54 Å². The van der Waals surface area contributed by atoms with Gasteiger partial charge in [-0.2, -0.15) is 13.2 Å². The number of nitrogens with zero attached hydrogens (tertiary/aromatic N) is 1. The SMILES string of the molecule is CC(NCC(C)N1CCCCC1)C(=O)NCC(F)(F)F. The predicted octanol–water partition coefficient (Wildman–Crippen LogP) is 1.52. The molecule has 0 saturated carbocycles. The minimum absolute atomic E-state index is 0.285. The second-order valence-corrected chi connectivity index (χ2v) is 5.41. The molecule has 2 N–H and O–H groups in total. The quantitative estimate of drug-likeness (QED) is 0.781. The van der Waals surface area contributed by atoms with Crippen LogP contribution in [-0.4, -0.2) is 55.2 Å². The minimum Gasteiger partial charge on any atom is -0.346 e. The van der Waals surface area contributed by atoms with Gasteiger partial charge in [-0.1, -0.05) is 6.42 Å². The molecule has 4 nitrogen and oxygen atoms in total. The Kier molecular flexibility index (Phi) is 6.75. The first kappa shape index (κ1) is 17.2. The largest absolute Gasteiger partial charge is 0.405 e. The van der Waals surface area contributed by atoms with Gasteiger partial charge in [-0.3, -0.25) is 9.69 Å². The first-order valence-electron chi connectivity index (χ1n) is 7.11. The summed E-state index contributed by atoms with van der Waals surface area (Å²) < 4.78 is 36.0. The van der Waals surface area contributed by atoms with Crippen LogP contribution in [0.5, 0.6) is 0 Å². The van der Waals surface area contributed by atoms with Crippen LogP contribution >= 0.6 is 0 Å². The molecule has 1 saturated heterocycles. The molecule has 0 aromatic heterocycles. The average molecular weight is 295 g/mol. The molecule has 0 aliphatic carbocycles. The number of alkyl halides is 3. The number of amides is 1. The Hall–Kier alpha value is -0.820. The lowest BCUT2D eigenvalue weighted by atomic mass is 10.1. The fraction of sp³-hybridized carbons (Fsp3) is 0.923. The summed E-state index contributed by atoms with van der Waals surface area (Å²) in [4.78, 5) is 13.8. The molecule has 2 atom stereocenters. The van der Waals surface area contributed by atoms with E-state index in [2.05, 4.69) is 17.1 Å². The predicted molar refractivity (Wildman–Crippen MR) is 71.4 cm³/mol. The molecule has 0 aromatic rings. The van der Waals surface area contributed by atoms with E-state index in [1.54, 1.807) is 6.92 Å². The van der Waals surface area contributed by atoms with Gasteiger partial charge in [-0.15, -0.1) is 0 Å². The van der Waals surface area contributed by atoms with Gasteiger partial charge in [0.15, 0.2) is 0 Å². The van der Waals surface area contributed by atoms with Gasteiger partial charge in [-0.05, 0) is 39.8 Å². The molecule has 1 aliphatic heterocycles. The van der Waals surface area contributed by atoms with Gasteiger partial charge in [0.2, 0.25) is 5.91 Å². The average Bonchev–Trinajstić information content (AvgIpc) is 2.41. The van der Waals surface area contributed by atoms with Crippen molar-refractivity contribution in [1.82, 2.24) is 15.5 Å². The van der Waals surface area contributed by atoms with E-state index < -0.39 is 24.7 Å². The Morgan fingerprint density at radius 3 is 2.35 bits per heavy atom. The van der Waals surface area contributed by atoms with Crippen molar-refractivity contribution in [1.29, 1.82) is 0 Å². The fourth-order valence-electron chi connectivity index (χ4n) is 2.27. The number of likely N-dealkylation sites (tertiary alicyclic amines) is 1. The molecule has 118 valence electrons. The van der Waals surface area contributed by atoms with E-state index in [0.717, 1.165) is 13.1 Å². The lowest BCUT2D eigenvalue weighted by Crippen LogP contribution is -2.50. The zero-order valence-electron chi connectivity index (χ0n) is 12.1. The van der Waals surface area contributed by atoms with E-state index in [4.69, 9.17) is 0 Å². The van der Waals surface area contributed by atoms with Gasteiger partial charge in [0, 0.05) is 12.6 Å². The zero-order valence-corrected chi connectivity index (χ0v) is 12.1. The molecule has 1 aliphatic rings.